The largest absolute Gasteiger partial charge is 0.383 e. The van der Waals surface area contributed by atoms with Crippen LogP contribution in [-0.2, 0) is 12.8 Å². The number of nitrogens with zero attached hydrogens (tertiary/aromatic N) is 3. The zero-order valence-electron chi connectivity index (χ0n) is 21.6. The van der Waals surface area contributed by atoms with Gasteiger partial charge in [-0.1, -0.05) is 24.3 Å². The first kappa shape index (κ1) is 25.2. The summed E-state index contributed by atoms with van der Waals surface area (Å²) < 4.78 is 0. The first-order chi connectivity index (χ1) is 17.7. The summed E-state index contributed by atoms with van der Waals surface area (Å²) in [5.41, 5.74) is 9.13. The first-order valence-electron chi connectivity index (χ1n) is 14.1. The summed E-state index contributed by atoms with van der Waals surface area (Å²) in [5, 5.41) is 14.3. The Morgan fingerprint density at radius 3 is 2.33 bits per heavy atom. The predicted molar refractivity (Wildman–Crippen MR) is 149 cm³/mol. The monoisotopic (exact) mass is 492 g/mol. The third kappa shape index (κ3) is 7.08. The second kappa shape index (κ2) is 12.7. The number of hydrogen-bond acceptors (Lipinski definition) is 8. The number of anilines is 3. The van der Waals surface area contributed by atoms with E-state index < -0.39 is 0 Å². The van der Waals surface area contributed by atoms with E-state index in [0.717, 1.165) is 64.1 Å². The van der Waals surface area contributed by atoms with Gasteiger partial charge in [0.15, 0.2) is 0 Å². The fraction of sp³-hybridized carbons (Fsp3) is 0.643. The average molecular weight is 493 g/mol. The highest BCUT2D eigenvalue weighted by Crippen LogP contribution is 2.29. The highest BCUT2D eigenvalue weighted by atomic mass is 15.3. The Labute approximate surface area is 216 Å². The molecule has 2 aliphatic carbocycles. The standard InChI is InChI=1S/C28H44N8/c29-26-18-27(36-14-12-30-13-15-36)35-28(34-26)33-20-22-8-6-21(7-9-22)19-31-10-3-11-32-25-16-23-4-1-2-5-24(23)17-25/h1-2,4-5,18,21-22,25,30-32H,3,6-17,19-20H2,(H3,29,33,34,35)/t21-,22-. The van der Waals surface area contributed by atoms with Crippen LogP contribution in [0.3, 0.4) is 0 Å². The van der Waals surface area contributed by atoms with Gasteiger partial charge in [-0.05, 0) is 87.5 Å². The summed E-state index contributed by atoms with van der Waals surface area (Å²) in [5.74, 6) is 3.64. The van der Waals surface area contributed by atoms with Gasteiger partial charge < -0.3 is 31.9 Å². The number of piperazine rings is 1. The minimum atomic E-state index is 0.541. The van der Waals surface area contributed by atoms with Gasteiger partial charge in [0.2, 0.25) is 5.95 Å². The van der Waals surface area contributed by atoms with Crippen molar-refractivity contribution in [2.45, 2.75) is 51.0 Å². The molecule has 0 radical (unpaired) electrons. The molecule has 0 unspecified atom stereocenters. The Bertz CT molecular complexity index is 927. The molecule has 0 atom stereocenters. The van der Waals surface area contributed by atoms with E-state index in [9.17, 15) is 0 Å². The number of rotatable bonds is 11. The van der Waals surface area contributed by atoms with Crippen LogP contribution in [0, 0.1) is 11.8 Å². The van der Waals surface area contributed by atoms with E-state index in [1.807, 2.05) is 6.07 Å². The van der Waals surface area contributed by atoms with E-state index >= 15 is 0 Å². The van der Waals surface area contributed by atoms with Crippen molar-refractivity contribution in [2.24, 2.45) is 11.8 Å². The van der Waals surface area contributed by atoms with Gasteiger partial charge in [-0.25, -0.2) is 0 Å². The minimum Gasteiger partial charge on any atom is -0.383 e. The lowest BCUT2D eigenvalue weighted by Crippen LogP contribution is -2.44. The number of hydrogen-bond donors (Lipinski definition) is 5. The first-order valence-corrected chi connectivity index (χ1v) is 14.1. The molecule has 8 nitrogen and oxygen atoms in total. The van der Waals surface area contributed by atoms with Crippen LogP contribution >= 0.6 is 0 Å². The van der Waals surface area contributed by atoms with Crippen LogP contribution in [0.4, 0.5) is 17.6 Å². The molecule has 1 saturated heterocycles. The topological polar surface area (TPSA) is 103 Å². The van der Waals surface area contributed by atoms with Gasteiger partial charge in [0, 0.05) is 44.8 Å². The van der Waals surface area contributed by atoms with Crippen molar-refractivity contribution in [3.05, 3.63) is 41.5 Å². The van der Waals surface area contributed by atoms with Crippen molar-refractivity contribution in [3.8, 4) is 0 Å². The molecule has 0 spiro atoms. The molecule has 196 valence electrons. The molecule has 0 bridgehead atoms. The number of benzene rings is 1. The maximum atomic E-state index is 6.08. The molecule has 2 aromatic rings. The van der Waals surface area contributed by atoms with E-state index in [1.165, 1.54) is 56.1 Å². The maximum absolute atomic E-state index is 6.08. The van der Waals surface area contributed by atoms with E-state index in [0.29, 0.717) is 23.7 Å². The SMILES string of the molecule is Nc1cc(N2CCNCC2)nc(NC[C@H]2CC[C@H](CNCCCNC3Cc4ccccc4C3)CC2)n1. The van der Waals surface area contributed by atoms with Crippen molar-refractivity contribution in [1.82, 2.24) is 25.9 Å². The molecule has 1 aliphatic heterocycles. The number of nitrogen functional groups attached to an aromatic ring is 1. The lowest BCUT2D eigenvalue weighted by Gasteiger charge is -2.30. The van der Waals surface area contributed by atoms with Gasteiger partial charge in [0.25, 0.3) is 0 Å². The van der Waals surface area contributed by atoms with E-state index in [-0.39, 0.29) is 0 Å². The highest BCUT2D eigenvalue weighted by Gasteiger charge is 2.22. The van der Waals surface area contributed by atoms with Gasteiger partial charge in [0.1, 0.15) is 11.6 Å². The summed E-state index contributed by atoms with van der Waals surface area (Å²) in [4.78, 5) is 11.4. The van der Waals surface area contributed by atoms with Crippen molar-refractivity contribution >= 4 is 17.6 Å². The van der Waals surface area contributed by atoms with Gasteiger partial charge in [-0.2, -0.15) is 9.97 Å². The van der Waals surface area contributed by atoms with E-state index in [4.69, 9.17) is 10.7 Å². The minimum absolute atomic E-state index is 0.541. The Balaban J connectivity index is 0.930. The molecule has 6 N–H and O–H groups in total. The second-order valence-corrected chi connectivity index (χ2v) is 10.9. The zero-order valence-corrected chi connectivity index (χ0v) is 21.6. The molecule has 1 aromatic carbocycles. The third-order valence-corrected chi connectivity index (χ3v) is 8.14. The zero-order chi connectivity index (χ0) is 24.6. The number of aromatic nitrogens is 2. The Hall–Kier alpha value is -2.42. The molecule has 3 aliphatic rings. The summed E-state index contributed by atoms with van der Waals surface area (Å²) in [6.45, 7) is 8.18. The molecule has 36 heavy (non-hydrogen) atoms. The molecular weight excluding hydrogens is 448 g/mol. The van der Waals surface area contributed by atoms with Crippen LogP contribution in [0.5, 0.6) is 0 Å². The van der Waals surface area contributed by atoms with Crippen LogP contribution < -0.4 is 31.9 Å². The summed E-state index contributed by atoms with van der Waals surface area (Å²) in [6.07, 6.45) is 8.73. The Kier molecular flexibility index (Phi) is 8.90. The Morgan fingerprint density at radius 1 is 0.917 bits per heavy atom. The second-order valence-electron chi connectivity index (χ2n) is 10.9. The van der Waals surface area contributed by atoms with Crippen molar-refractivity contribution in [2.75, 3.05) is 68.3 Å². The number of nitrogens with two attached hydrogens (primary N) is 1. The van der Waals surface area contributed by atoms with Crippen molar-refractivity contribution < 1.29 is 0 Å². The van der Waals surface area contributed by atoms with Crippen LogP contribution in [0.15, 0.2) is 30.3 Å². The van der Waals surface area contributed by atoms with E-state index in [2.05, 4.69) is 55.4 Å². The van der Waals surface area contributed by atoms with Crippen LogP contribution in [0.2, 0.25) is 0 Å². The summed E-state index contributed by atoms with van der Waals surface area (Å²) in [6, 6.07) is 11.4. The van der Waals surface area contributed by atoms with Gasteiger partial charge >= 0.3 is 0 Å². The maximum Gasteiger partial charge on any atom is 0.226 e. The number of fused-ring (bicyclic) bond motifs is 1. The number of nitrogens with one attached hydrogen (secondary N) is 4. The summed E-state index contributed by atoms with van der Waals surface area (Å²) in [7, 11) is 0. The average Bonchev–Trinajstić information content (AvgIpc) is 3.33. The molecular formula is C28H44N8. The van der Waals surface area contributed by atoms with Crippen molar-refractivity contribution in [3.63, 3.8) is 0 Å². The van der Waals surface area contributed by atoms with Crippen molar-refractivity contribution in [1.29, 1.82) is 0 Å². The van der Waals surface area contributed by atoms with Gasteiger partial charge in [-0.3, -0.25) is 0 Å². The molecule has 5 rings (SSSR count). The van der Waals surface area contributed by atoms with Gasteiger partial charge in [0.05, 0.1) is 0 Å². The third-order valence-electron chi connectivity index (χ3n) is 8.14. The lowest BCUT2D eigenvalue weighted by atomic mass is 9.82. The van der Waals surface area contributed by atoms with Crippen LogP contribution in [0.25, 0.3) is 0 Å². The molecule has 2 fully saturated rings. The van der Waals surface area contributed by atoms with Gasteiger partial charge in [-0.15, -0.1) is 0 Å². The summed E-state index contributed by atoms with van der Waals surface area (Å²) >= 11 is 0. The fourth-order valence-corrected chi connectivity index (χ4v) is 5.99. The van der Waals surface area contributed by atoms with Crippen LogP contribution in [0.1, 0.15) is 43.2 Å². The van der Waals surface area contributed by atoms with E-state index in [1.54, 1.807) is 0 Å². The fourth-order valence-electron chi connectivity index (χ4n) is 5.99. The quantitative estimate of drug-likeness (QED) is 0.305. The Morgan fingerprint density at radius 2 is 1.61 bits per heavy atom. The normalized spacial score (nSPS) is 22.5. The molecule has 0 amide bonds. The molecule has 8 heteroatoms. The molecule has 1 saturated carbocycles. The highest BCUT2D eigenvalue weighted by molar-refractivity contribution is 5.51. The van der Waals surface area contributed by atoms with Crippen LogP contribution in [-0.4, -0.2) is 68.4 Å². The predicted octanol–water partition coefficient (Wildman–Crippen LogP) is 2.42. The molecule has 2 heterocycles. The molecule has 1 aromatic heterocycles. The smallest absolute Gasteiger partial charge is 0.226 e. The lowest BCUT2D eigenvalue weighted by molar-refractivity contribution is 0.275.